The molecule has 3 aliphatic heterocycles. The lowest BCUT2D eigenvalue weighted by atomic mass is 10.0. The Hall–Kier alpha value is -3.43. The minimum Gasteiger partial charge on any atom is -0.322 e. The van der Waals surface area contributed by atoms with Gasteiger partial charge < -0.3 is 4.90 Å². The van der Waals surface area contributed by atoms with E-state index in [1.807, 2.05) is 29.8 Å². The topological polar surface area (TPSA) is 95.5 Å². The van der Waals surface area contributed by atoms with Gasteiger partial charge in [-0.05, 0) is 47.1 Å². The molecule has 1 saturated heterocycles. The first-order chi connectivity index (χ1) is 16.5. The van der Waals surface area contributed by atoms with Gasteiger partial charge in [0, 0.05) is 49.7 Å². The Kier molecular flexibility index (Phi) is 5.23. The van der Waals surface area contributed by atoms with Crippen LogP contribution in [0.1, 0.15) is 46.6 Å². The molecule has 1 atom stereocenters. The van der Waals surface area contributed by atoms with Crippen molar-refractivity contribution in [2.45, 2.75) is 38.4 Å². The molecule has 0 bridgehead atoms. The standard InChI is InChI=1S/C25H23N5O3S/c31-21-4-3-20(23(32)27-21)30-14-18-11-15(1-2-19(18)25(30)33)13-29-8-5-16(6-9-29)22-26-12-17-7-10-34-24(17)28-22/h1-2,5,7,10-12,20H,3-4,6,8-9,13-14H2,(H,27,31,32). The molecule has 0 radical (unpaired) electrons. The molecule has 1 aromatic carbocycles. The predicted molar refractivity (Wildman–Crippen MR) is 128 cm³/mol. The highest BCUT2D eigenvalue weighted by Gasteiger charge is 2.39. The Morgan fingerprint density at radius 3 is 2.88 bits per heavy atom. The number of aromatic nitrogens is 2. The van der Waals surface area contributed by atoms with Crippen LogP contribution in [0.4, 0.5) is 0 Å². The van der Waals surface area contributed by atoms with Crippen LogP contribution in [0.25, 0.3) is 15.8 Å². The first-order valence-electron chi connectivity index (χ1n) is 11.4. The molecular weight excluding hydrogens is 450 g/mol. The van der Waals surface area contributed by atoms with Crippen molar-refractivity contribution in [3.63, 3.8) is 0 Å². The summed E-state index contributed by atoms with van der Waals surface area (Å²) in [5.74, 6) is 0.0318. The summed E-state index contributed by atoms with van der Waals surface area (Å²) in [5.41, 5.74) is 3.92. The number of hydrogen-bond donors (Lipinski definition) is 1. The number of benzene rings is 1. The van der Waals surface area contributed by atoms with E-state index in [-0.39, 0.29) is 24.1 Å². The Bertz CT molecular complexity index is 1360. The van der Waals surface area contributed by atoms with Crippen molar-refractivity contribution in [3.8, 4) is 0 Å². The van der Waals surface area contributed by atoms with Gasteiger partial charge >= 0.3 is 0 Å². The summed E-state index contributed by atoms with van der Waals surface area (Å²) in [7, 11) is 0. The number of amides is 3. The largest absolute Gasteiger partial charge is 0.322 e. The zero-order valence-electron chi connectivity index (χ0n) is 18.5. The molecule has 3 aliphatic rings. The van der Waals surface area contributed by atoms with E-state index in [0.29, 0.717) is 18.5 Å². The van der Waals surface area contributed by atoms with Gasteiger partial charge in [0.25, 0.3) is 5.91 Å². The first kappa shape index (κ1) is 21.1. The number of nitrogens with zero attached hydrogens (tertiary/aromatic N) is 4. The SMILES string of the molecule is O=C1CCC(N2Cc3cc(CN4CC=C(c5ncc6ccsc6n5)CC4)ccc3C2=O)C(=O)N1. The monoisotopic (exact) mass is 473 g/mol. The van der Waals surface area contributed by atoms with Gasteiger partial charge in [0.1, 0.15) is 10.9 Å². The third-order valence-corrected chi connectivity index (χ3v) is 7.60. The van der Waals surface area contributed by atoms with E-state index in [2.05, 4.69) is 27.3 Å². The van der Waals surface area contributed by atoms with Gasteiger partial charge in [0.15, 0.2) is 5.82 Å². The molecule has 1 unspecified atom stereocenters. The first-order valence-corrected chi connectivity index (χ1v) is 12.3. The lowest BCUT2D eigenvalue weighted by molar-refractivity contribution is -0.136. The summed E-state index contributed by atoms with van der Waals surface area (Å²) >= 11 is 1.63. The molecule has 0 saturated carbocycles. The number of thiophene rings is 1. The van der Waals surface area contributed by atoms with Crippen molar-refractivity contribution in [1.82, 2.24) is 25.1 Å². The fraction of sp³-hybridized carbons (Fsp3) is 0.320. The van der Waals surface area contributed by atoms with Crippen LogP contribution in [0, 0.1) is 0 Å². The third-order valence-electron chi connectivity index (χ3n) is 6.78. The van der Waals surface area contributed by atoms with Gasteiger partial charge in [-0.3, -0.25) is 24.6 Å². The Balaban J connectivity index is 1.13. The van der Waals surface area contributed by atoms with Gasteiger partial charge in [0.05, 0.1) is 0 Å². The maximum absolute atomic E-state index is 12.9. The summed E-state index contributed by atoms with van der Waals surface area (Å²) in [6.45, 7) is 2.92. The number of nitrogens with one attached hydrogen (secondary N) is 1. The van der Waals surface area contributed by atoms with Gasteiger partial charge in [0.2, 0.25) is 11.8 Å². The van der Waals surface area contributed by atoms with E-state index in [9.17, 15) is 14.4 Å². The highest BCUT2D eigenvalue weighted by molar-refractivity contribution is 7.16. The number of carbonyl (C=O) groups is 3. The molecule has 34 heavy (non-hydrogen) atoms. The van der Waals surface area contributed by atoms with Gasteiger partial charge in [-0.15, -0.1) is 11.3 Å². The molecule has 0 aliphatic carbocycles. The summed E-state index contributed by atoms with van der Waals surface area (Å²) in [6.07, 6.45) is 5.64. The minimum atomic E-state index is -0.581. The molecular formula is C25H23N5O3S. The van der Waals surface area contributed by atoms with Crippen molar-refractivity contribution in [3.05, 3.63) is 64.4 Å². The van der Waals surface area contributed by atoms with Crippen LogP contribution in [0.2, 0.25) is 0 Å². The molecule has 3 aromatic rings. The Morgan fingerprint density at radius 1 is 1.15 bits per heavy atom. The lowest BCUT2D eigenvalue weighted by Crippen LogP contribution is -2.52. The predicted octanol–water partition coefficient (Wildman–Crippen LogP) is 2.74. The summed E-state index contributed by atoms with van der Waals surface area (Å²) < 4.78 is 0. The zero-order valence-corrected chi connectivity index (χ0v) is 19.3. The number of imide groups is 1. The van der Waals surface area contributed by atoms with E-state index in [0.717, 1.165) is 53.2 Å². The normalized spacial score (nSPS) is 21.1. The van der Waals surface area contributed by atoms with Crippen LogP contribution < -0.4 is 5.32 Å². The Morgan fingerprint density at radius 2 is 2.06 bits per heavy atom. The van der Waals surface area contributed by atoms with Crippen LogP contribution >= 0.6 is 11.3 Å². The van der Waals surface area contributed by atoms with E-state index < -0.39 is 6.04 Å². The molecule has 172 valence electrons. The van der Waals surface area contributed by atoms with E-state index in [1.165, 1.54) is 5.57 Å². The van der Waals surface area contributed by atoms with Crippen molar-refractivity contribution in [2.24, 2.45) is 0 Å². The number of fused-ring (bicyclic) bond motifs is 2. The fourth-order valence-electron chi connectivity index (χ4n) is 4.95. The van der Waals surface area contributed by atoms with Crippen LogP contribution in [-0.2, 0) is 22.7 Å². The fourth-order valence-corrected chi connectivity index (χ4v) is 5.69. The molecule has 1 fully saturated rings. The molecule has 6 rings (SSSR count). The molecule has 9 heteroatoms. The van der Waals surface area contributed by atoms with Crippen LogP contribution in [0.15, 0.2) is 41.9 Å². The van der Waals surface area contributed by atoms with E-state index in [4.69, 9.17) is 4.98 Å². The number of rotatable bonds is 4. The average molecular weight is 474 g/mol. The number of hydrogen-bond acceptors (Lipinski definition) is 7. The van der Waals surface area contributed by atoms with Crippen LogP contribution in [0.5, 0.6) is 0 Å². The summed E-state index contributed by atoms with van der Waals surface area (Å²) in [5, 5.41) is 5.47. The second kappa shape index (κ2) is 8.41. The van der Waals surface area contributed by atoms with Crippen molar-refractivity contribution < 1.29 is 14.4 Å². The summed E-state index contributed by atoms with van der Waals surface area (Å²) in [4.78, 5) is 50.8. The third kappa shape index (κ3) is 3.80. The quantitative estimate of drug-likeness (QED) is 0.586. The maximum Gasteiger partial charge on any atom is 0.255 e. The second-order valence-electron chi connectivity index (χ2n) is 8.98. The van der Waals surface area contributed by atoms with Crippen molar-refractivity contribution >= 4 is 44.8 Å². The second-order valence-corrected chi connectivity index (χ2v) is 9.88. The Labute approximate surface area is 200 Å². The molecule has 5 heterocycles. The van der Waals surface area contributed by atoms with Crippen LogP contribution in [-0.4, -0.2) is 56.6 Å². The van der Waals surface area contributed by atoms with Gasteiger partial charge in [-0.25, -0.2) is 9.97 Å². The van der Waals surface area contributed by atoms with Crippen LogP contribution in [0.3, 0.4) is 0 Å². The van der Waals surface area contributed by atoms with Crippen molar-refractivity contribution in [2.75, 3.05) is 13.1 Å². The lowest BCUT2D eigenvalue weighted by Gasteiger charge is -2.29. The van der Waals surface area contributed by atoms with Gasteiger partial charge in [-0.1, -0.05) is 18.2 Å². The maximum atomic E-state index is 12.9. The minimum absolute atomic E-state index is 0.135. The molecule has 0 spiro atoms. The molecule has 1 N–H and O–H groups in total. The average Bonchev–Trinajstić information content (AvgIpc) is 3.43. The number of piperidine rings is 1. The number of carbonyl (C=O) groups excluding carboxylic acids is 3. The molecule has 8 nitrogen and oxygen atoms in total. The zero-order chi connectivity index (χ0) is 23.2. The van der Waals surface area contributed by atoms with E-state index in [1.54, 1.807) is 16.2 Å². The van der Waals surface area contributed by atoms with Crippen molar-refractivity contribution in [1.29, 1.82) is 0 Å². The van der Waals surface area contributed by atoms with E-state index >= 15 is 0 Å². The summed E-state index contributed by atoms with van der Waals surface area (Å²) in [6, 6.07) is 7.40. The smallest absolute Gasteiger partial charge is 0.255 e. The van der Waals surface area contributed by atoms with Gasteiger partial charge in [-0.2, -0.15) is 0 Å². The highest BCUT2D eigenvalue weighted by atomic mass is 32.1. The highest BCUT2D eigenvalue weighted by Crippen LogP contribution is 2.29. The molecule has 3 amide bonds. The molecule has 2 aromatic heterocycles.